The third kappa shape index (κ3) is 55.9. The topological polar surface area (TPSA) is 95.9 Å². The van der Waals surface area contributed by atoms with Crippen LogP contribution < -0.4 is 5.32 Å². The molecule has 2 atom stereocenters. The van der Waals surface area contributed by atoms with Crippen LogP contribution in [0.5, 0.6) is 0 Å². The Morgan fingerprint density at radius 1 is 0.386 bits per heavy atom. The number of amides is 1. The largest absolute Gasteiger partial charge is 0.466 e. The number of nitrogens with one attached hydrogen (secondary N) is 1. The van der Waals surface area contributed by atoms with Crippen LogP contribution in [-0.4, -0.2) is 47.4 Å². The number of esters is 1. The minimum atomic E-state index is -0.659. The molecule has 0 bridgehead atoms. The lowest BCUT2D eigenvalue weighted by atomic mass is 10.0. The first-order valence-corrected chi connectivity index (χ1v) is 31.9. The molecule has 0 saturated heterocycles. The zero-order valence-electron chi connectivity index (χ0n) is 47.5. The highest BCUT2D eigenvalue weighted by Gasteiger charge is 2.20. The van der Waals surface area contributed by atoms with Gasteiger partial charge in [-0.15, -0.1) is 0 Å². The molecule has 0 fully saturated rings. The van der Waals surface area contributed by atoms with Crippen molar-refractivity contribution >= 4 is 11.9 Å². The van der Waals surface area contributed by atoms with Gasteiger partial charge in [0.25, 0.3) is 0 Å². The average Bonchev–Trinajstić information content (AvgIpc) is 3.36. The number of unbranched alkanes of at least 4 members (excludes halogenated alkanes) is 47. The fourth-order valence-corrected chi connectivity index (χ4v) is 10.2. The molecular weight excluding hydrogens is 863 g/mol. The summed E-state index contributed by atoms with van der Waals surface area (Å²) in [6, 6.07) is -0.536. The fraction of sp³-hybridized carbons (Fsp3) is 0.938. The van der Waals surface area contributed by atoms with Crippen LogP contribution in [-0.2, 0) is 14.3 Å². The zero-order valence-corrected chi connectivity index (χ0v) is 47.5. The molecule has 0 spiro atoms. The monoisotopic (exact) mass is 988 g/mol. The number of carbonyl (C=O) groups excluding carboxylic acids is 2. The van der Waals surface area contributed by atoms with Crippen LogP contribution in [0.4, 0.5) is 0 Å². The van der Waals surface area contributed by atoms with Gasteiger partial charge >= 0.3 is 5.97 Å². The smallest absolute Gasteiger partial charge is 0.305 e. The molecule has 0 aromatic heterocycles. The number of allylic oxidation sites excluding steroid dienone is 2. The maximum Gasteiger partial charge on any atom is 0.305 e. The predicted molar refractivity (Wildman–Crippen MR) is 306 cm³/mol. The summed E-state index contributed by atoms with van der Waals surface area (Å²) in [6.45, 7) is 4.96. The number of hydrogen-bond donors (Lipinski definition) is 3. The minimum absolute atomic E-state index is 0.0183. The number of rotatable bonds is 60. The molecule has 0 aliphatic carbocycles. The molecule has 0 rings (SSSR count). The number of aliphatic hydroxyl groups excluding tert-OH is 2. The molecule has 416 valence electrons. The first-order valence-electron chi connectivity index (χ1n) is 31.9. The molecule has 0 aliphatic rings. The van der Waals surface area contributed by atoms with E-state index in [-0.39, 0.29) is 18.5 Å². The second-order valence-electron chi connectivity index (χ2n) is 22.1. The average molecular weight is 989 g/mol. The van der Waals surface area contributed by atoms with Crippen LogP contribution in [0, 0.1) is 0 Å². The van der Waals surface area contributed by atoms with E-state index in [4.69, 9.17) is 4.74 Å². The van der Waals surface area contributed by atoms with Gasteiger partial charge in [-0.25, -0.2) is 0 Å². The molecule has 0 saturated carbocycles. The molecule has 0 heterocycles. The predicted octanol–water partition coefficient (Wildman–Crippen LogP) is 20.0. The molecular formula is C64H125NO5. The van der Waals surface area contributed by atoms with Gasteiger partial charge in [0.1, 0.15) is 0 Å². The molecule has 3 N–H and O–H groups in total. The van der Waals surface area contributed by atoms with Crippen molar-refractivity contribution in [1.82, 2.24) is 5.32 Å². The van der Waals surface area contributed by atoms with Gasteiger partial charge in [-0.2, -0.15) is 0 Å². The van der Waals surface area contributed by atoms with E-state index in [1.165, 1.54) is 289 Å². The molecule has 0 aromatic carbocycles. The number of aliphatic hydroxyl groups is 2. The number of ether oxygens (including phenoxy) is 1. The Bertz CT molecular complexity index is 1050. The summed E-state index contributed by atoms with van der Waals surface area (Å²) in [5.41, 5.74) is 0. The van der Waals surface area contributed by atoms with E-state index in [1.807, 2.05) is 0 Å². The van der Waals surface area contributed by atoms with E-state index in [1.54, 1.807) is 0 Å². The van der Waals surface area contributed by atoms with Gasteiger partial charge in [0.15, 0.2) is 0 Å². The van der Waals surface area contributed by atoms with E-state index in [0.29, 0.717) is 25.9 Å². The van der Waals surface area contributed by atoms with Gasteiger partial charge in [0.05, 0.1) is 25.4 Å². The molecule has 0 radical (unpaired) electrons. The second-order valence-corrected chi connectivity index (χ2v) is 22.1. The summed E-state index contributed by atoms with van der Waals surface area (Å²) in [5.74, 6) is -0.0140. The molecule has 1 amide bonds. The van der Waals surface area contributed by atoms with Crippen LogP contribution >= 0.6 is 0 Å². The van der Waals surface area contributed by atoms with Crippen LogP contribution in [0.15, 0.2) is 12.2 Å². The summed E-state index contributed by atoms with van der Waals surface area (Å²) in [4.78, 5) is 24.4. The Kier molecular flexibility index (Phi) is 59.0. The standard InChI is InChI=1S/C64H125NO5/c1-3-5-7-9-11-13-37-42-46-50-54-58-64(69)70-59-55-51-47-43-39-36-34-32-30-28-26-24-22-20-18-16-15-17-19-21-23-25-27-29-31-33-35-38-41-45-49-53-57-63(68)65-61(60-66)62(67)56-52-48-44-40-14-12-10-8-6-4-2/h18,20,61-62,66-67H,3-17,19,21-60H2,1-2H3,(H,65,68)/b20-18-. The highest BCUT2D eigenvalue weighted by Crippen LogP contribution is 2.18. The lowest BCUT2D eigenvalue weighted by Crippen LogP contribution is -2.45. The van der Waals surface area contributed by atoms with Gasteiger partial charge < -0.3 is 20.3 Å². The molecule has 70 heavy (non-hydrogen) atoms. The molecule has 2 unspecified atom stereocenters. The lowest BCUT2D eigenvalue weighted by Gasteiger charge is -2.22. The van der Waals surface area contributed by atoms with Gasteiger partial charge in [-0.3, -0.25) is 9.59 Å². The van der Waals surface area contributed by atoms with Gasteiger partial charge in [0, 0.05) is 12.8 Å². The van der Waals surface area contributed by atoms with Gasteiger partial charge in [0.2, 0.25) is 5.91 Å². The van der Waals surface area contributed by atoms with Crippen LogP contribution in [0.25, 0.3) is 0 Å². The normalized spacial score (nSPS) is 12.6. The fourth-order valence-electron chi connectivity index (χ4n) is 10.2. The Morgan fingerprint density at radius 3 is 1.01 bits per heavy atom. The highest BCUT2D eigenvalue weighted by atomic mass is 16.5. The maximum atomic E-state index is 12.4. The van der Waals surface area contributed by atoms with Crippen molar-refractivity contribution in [3.63, 3.8) is 0 Å². The van der Waals surface area contributed by atoms with Crippen molar-refractivity contribution in [2.24, 2.45) is 0 Å². The Hall–Kier alpha value is -1.40. The highest BCUT2D eigenvalue weighted by molar-refractivity contribution is 5.76. The summed E-state index contributed by atoms with van der Waals surface area (Å²) >= 11 is 0. The molecule has 0 aliphatic heterocycles. The van der Waals surface area contributed by atoms with Crippen molar-refractivity contribution in [2.45, 2.75) is 373 Å². The molecule has 6 nitrogen and oxygen atoms in total. The van der Waals surface area contributed by atoms with E-state index in [0.717, 1.165) is 38.5 Å². The lowest BCUT2D eigenvalue weighted by molar-refractivity contribution is -0.143. The van der Waals surface area contributed by atoms with Crippen molar-refractivity contribution in [2.75, 3.05) is 13.2 Å². The van der Waals surface area contributed by atoms with Crippen molar-refractivity contribution in [3.8, 4) is 0 Å². The van der Waals surface area contributed by atoms with Crippen LogP contribution in [0.1, 0.15) is 361 Å². The van der Waals surface area contributed by atoms with E-state index < -0.39 is 12.1 Å². The third-order valence-electron chi connectivity index (χ3n) is 15.1. The van der Waals surface area contributed by atoms with E-state index >= 15 is 0 Å². The Labute approximate surface area is 438 Å². The quantitative estimate of drug-likeness (QED) is 0.0321. The summed E-state index contributed by atoms with van der Waals surface area (Å²) in [6.07, 6.45) is 72.5. The van der Waals surface area contributed by atoms with E-state index in [2.05, 4.69) is 31.3 Å². The summed E-state index contributed by atoms with van der Waals surface area (Å²) in [7, 11) is 0. The molecule has 0 aromatic rings. The third-order valence-corrected chi connectivity index (χ3v) is 15.1. The Balaban J connectivity index is 3.32. The summed E-state index contributed by atoms with van der Waals surface area (Å²) in [5, 5.41) is 23.2. The van der Waals surface area contributed by atoms with Gasteiger partial charge in [-0.1, -0.05) is 309 Å². The van der Waals surface area contributed by atoms with Crippen molar-refractivity contribution in [3.05, 3.63) is 12.2 Å². The van der Waals surface area contributed by atoms with Crippen LogP contribution in [0.3, 0.4) is 0 Å². The SMILES string of the molecule is CCCCCCCCCCCCCC(=O)OCCCCCCCCCCCCCC/C=C\CCCCCCCCCCCCCCCCCCC(=O)NC(CO)C(O)CCCCCCCCCCCC. The number of hydrogen-bond acceptors (Lipinski definition) is 5. The zero-order chi connectivity index (χ0) is 50.7. The van der Waals surface area contributed by atoms with E-state index in [9.17, 15) is 19.8 Å². The number of carbonyl (C=O) groups is 2. The second kappa shape index (κ2) is 60.2. The molecule has 6 heteroatoms. The summed E-state index contributed by atoms with van der Waals surface area (Å²) < 4.78 is 5.47. The Morgan fingerprint density at radius 2 is 0.671 bits per heavy atom. The minimum Gasteiger partial charge on any atom is -0.466 e. The first-order chi connectivity index (χ1) is 34.5. The van der Waals surface area contributed by atoms with Gasteiger partial charge in [-0.05, 0) is 51.4 Å². The first kappa shape index (κ1) is 68.6. The van der Waals surface area contributed by atoms with Crippen molar-refractivity contribution < 1.29 is 24.5 Å². The van der Waals surface area contributed by atoms with Crippen LogP contribution in [0.2, 0.25) is 0 Å². The van der Waals surface area contributed by atoms with Crippen molar-refractivity contribution in [1.29, 1.82) is 0 Å². The maximum absolute atomic E-state index is 12.4.